The number of hydrogen-bond acceptors (Lipinski definition) is 3. The molecule has 1 fully saturated rings. The summed E-state index contributed by atoms with van der Waals surface area (Å²) in [5.74, 6) is -0.00825. The maximum absolute atomic E-state index is 13.7. The molecule has 0 aromatic heterocycles. The third-order valence-corrected chi connectivity index (χ3v) is 4.37. The minimum atomic E-state index is -0.313. The van der Waals surface area contributed by atoms with E-state index in [0.717, 1.165) is 17.9 Å². The second kappa shape index (κ2) is 4.91. The molecule has 1 heterocycles. The summed E-state index contributed by atoms with van der Waals surface area (Å²) in [7, 11) is 1.50. The van der Waals surface area contributed by atoms with E-state index in [1.807, 2.05) is 0 Å². The fourth-order valence-electron chi connectivity index (χ4n) is 3.26. The molecule has 0 saturated heterocycles. The summed E-state index contributed by atoms with van der Waals surface area (Å²) >= 11 is 0. The highest BCUT2D eigenvalue weighted by atomic mass is 19.1. The third kappa shape index (κ3) is 2.36. The summed E-state index contributed by atoms with van der Waals surface area (Å²) in [6, 6.07) is 3.29. The molecule has 1 spiro atoms. The number of ether oxygens (including phenoxy) is 1. The normalized spacial score (nSPS) is 20.9. The van der Waals surface area contributed by atoms with Gasteiger partial charge < -0.3 is 15.4 Å². The lowest BCUT2D eigenvalue weighted by atomic mass is 9.87. The number of nitrogens with one attached hydrogen (secondary N) is 2. The third-order valence-electron chi connectivity index (χ3n) is 4.37. The summed E-state index contributed by atoms with van der Waals surface area (Å²) in [6.45, 7) is 0.881. The summed E-state index contributed by atoms with van der Waals surface area (Å²) in [6.07, 6.45) is 7.54. The molecule has 4 heteroatoms. The van der Waals surface area contributed by atoms with Gasteiger partial charge in [0.2, 0.25) is 0 Å². The average Bonchev–Trinajstić information content (AvgIpc) is 2.64. The minimum absolute atomic E-state index is 0.131. The molecule has 0 bridgehead atoms. The first-order chi connectivity index (χ1) is 9.22. The Morgan fingerprint density at radius 1 is 1.11 bits per heavy atom. The summed E-state index contributed by atoms with van der Waals surface area (Å²) in [4.78, 5) is 0. The quantitative estimate of drug-likeness (QED) is 0.810. The van der Waals surface area contributed by atoms with E-state index < -0.39 is 0 Å². The van der Waals surface area contributed by atoms with Gasteiger partial charge in [0.15, 0.2) is 11.6 Å². The van der Waals surface area contributed by atoms with Gasteiger partial charge in [0.25, 0.3) is 0 Å². The minimum Gasteiger partial charge on any atom is -0.494 e. The molecule has 104 valence electrons. The molecule has 19 heavy (non-hydrogen) atoms. The highest BCUT2D eigenvalue weighted by molar-refractivity contribution is 5.74. The molecule has 1 aliphatic heterocycles. The number of fused-ring (bicyclic) bond motifs is 1. The summed E-state index contributed by atoms with van der Waals surface area (Å²) in [5, 5.41) is 7.03. The standard InChI is InChI=1S/C15H21FN2O/c1-19-14-9-13-12(8-11(14)16)17-10-15(18-13)6-4-2-3-5-7-15/h8-9,17-18H,2-7,10H2,1H3. The SMILES string of the molecule is COc1cc2c(cc1F)NCC1(CCCCCC1)N2. The van der Waals surface area contributed by atoms with Crippen LogP contribution in [0.4, 0.5) is 15.8 Å². The van der Waals surface area contributed by atoms with Crippen LogP contribution in [-0.2, 0) is 0 Å². The zero-order valence-electron chi connectivity index (χ0n) is 11.4. The van der Waals surface area contributed by atoms with Crippen molar-refractivity contribution >= 4 is 11.4 Å². The molecule has 3 rings (SSSR count). The highest BCUT2D eigenvalue weighted by Gasteiger charge is 2.34. The van der Waals surface area contributed by atoms with E-state index in [-0.39, 0.29) is 11.4 Å². The van der Waals surface area contributed by atoms with Crippen molar-refractivity contribution in [2.75, 3.05) is 24.3 Å². The van der Waals surface area contributed by atoms with Gasteiger partial charge in [-0.2, -0.15) is 0 Å². The molecule has 0 atom stereocenters. The predicted octanol–water partition coefficient (Wildman–Crippen LogP) is 3.76. The van der Waals surface area contributed by atoms with Gasteiger partial charge in [0, 0.05) is 18.7 Å². The molecule has 0 amide bonds. The van der Waals surface area contributed by atoms with E-state index in [0.29, 0.717) is 5.75 Å². The Bertz CT molecular complexity index is 467. The number of rotatable bonds is 1. The van der Waals surface area contributed by atoms with E-state index in [1.54, 1.807) is 6.07 Å². The lowest BCUT2D eigenvalue weighted by Crippen LogP contribution is -2.47. The number of benzene rings is 1. The Labute approximate surface area is 113 Å². The Hall–Kier alpha value is -1.45. The van der Waals surface area contributed by atoms with Gasteiger partial charge in [-0.25, -0.2) is 4.39 Å². The van der Waals surface area contributed by atoms with Crippen LogP contribution in [0.3, 0.4) is 0 Å². The molecule has 0 radical (unpaired) electrons. The van der Waals surface area contributed by atoms with E-state index >= 15 is 0 Å². The van der Waals surface area contributed by atoms with E-state index in [1.165, 1.54) is 51.7 Å². The zero-order valence-corrected chi connectivity index (χ0v) is 11.4. The average molecular weight is 264 g/mol. The molecule has 3 nitrogen and oxygen atoms in total. The first-order valence-corrected chi connectivity index (χ1v) is 7.12. The van der Waals surface area contributed by atoms with Crippen LogP contribution in [0.25, 0.3) is 0 Å². The highest BCUT2D eigenvalue weighted by Crippen LogP contribution is 2.39. The first-order valence-electron chi connectivity index (χ1n) is 7.12. The molecule has 2 aliphatic rings. The van der Waals surface area contributed by atoms with Crippen LogP contribution in [0.1, 0.15) is 38.5 Å². The van der Waals surface area contributed by atoms with E-state index in [2.05, 4.69) is 10.6 Å². The molecule has 0 unspecified atom stereocenters. The molecular formula is C15H21FN2O. The second-order valence-corrected chi connectivity index (χ2v) is 5.71. The van der Waals surface area contributed by atoms with Crippen LogP contribution in [0, 0.1) is 5.82 Å². The Balaban J connectivity index is 1.89. The summed E-state index contributed by atoms with van der Waals surface area (Å²) < 4.78 is 18.8. The lowest BCUT2D eigenvalue weighted by Gasteiger charge is -2.40. The van der Waals surface area contributed by atoms with Gasteiger partial charge in [0.1, 0.15) is 0 Å². The van der Waals surface area contributed by atoms with Crippen LogP contribution in [0.2, 0.25) is 0 Å². The fourth-order valence-corrected chi connectivity index (χ4v) is 3.26. The molecule has 1 saturated carbocycles. The molecule has 1 aromatic rings. The van der Waals surface area contributed by atoms with Gasteiger partial charge in [-0.15, -0.1) is 0 Å². The Morgan fingerprint density at radius 3 is 2.53 bits per heavy atom. The molecule has 2 N–H and O–H groups in total. The lowest BCUT2D eigenvalue weighted by molar-refractivity contribution is 0.385. The van der Waals surface area contributed by atoms with Crippen molar-refractivity contribution in [3.8, 4) is 5.75 Å². The maximum Gasteiger partial charge on any atom is 0.167 e. The van der Waals surface area contributed by atoms with Crippen molar-refractivity contribution in [1.82, 2.24) is 0 Å². The van der Waals surface area contributed by atoms with Crippen molar-refractivity contribution in [3.05, 3.63) is 17.9 Å². The fraction of sp³-hybridized carbons (Fsp3) is 0.600. The Kier molecular flexibility index (Phi) is 3.25. The number of methoxy groups -OCH3 is 1. The van der Waals surface area contributed by atoms with E-state index in [4.69, 9.17) is 4.74 Å². The van der Waals surface area contributed by atoms with Crippen molar-refractivity contribution in [3.63, 3.8) is 0 Å². The monoisotopic (exact) mass is 264 g/mol. The van der Waals surface area contributed by atoms with Crippen molar-refractivity contribution in [2.45, 2.75) is 44.1 Å². The van der Waals surface area contributed by atoms with Crippen LogP contribution in [0.15, 0.2) is 12.1 Å². The van der Waals surface area contributed by atoms with Gasteiger partial charge >= 0.3 is 0 Å². The number of anilines is 2. The van der Waals surface area contributed by atoms with Gasteiger partial charge in [-0.05, 0) is 12.8 Å². The van der Waals surface area contributed by atoms with Gasteiger partial charge in [-0.1, -0.05) is 25.7 Å². The smallest absolute Gasteiger partial charge is 0.167 e. The van der Waals surface area contributed by atoms with Crippen molar-refractivity contribution in [2.24, 2.45) is 0 Å². The summed E-state index contributed by atoms with van der Waals surface area (Å²) in [5.41, 5.74) is 1.94. The topological polar surface area (TPSA) is 33.3 Å². The van der Waals surface area contributed by atoms with E-state index in [9.17, 15) is 4.39 Å². The van der Waals surface area contributed by atoms with Crippen molar-refractivity contribution in [1.29, 1.82) is 0 Å². The largest absolute Gasteiger partial charge is 0.494 e. The first kappa shape index (κ1) is 12.6. The van der Waals surface area contributed by atoms with Crippen LogP contribution < -0.4 is 15.4 Å². The van der Waals surface area contributed by atoms with Crippen LogP contribution in [0.5, 0.6) is 5.75 Å². The number of halogens is 1. The van der Waals surface area contributed by atoms with Crippen molar-refractivity contribution < 1.29 is 9.13 Å². The van der Waals surface area contributed by atoms with Gasteiger partial charge in [-0.3, -0.25) is 0 Å². The predicted molar refractivity (Wildman–Crippen MR) is 75.5 cm³/mol. The second-order valence-electron chi connectivity index (χ2n) is 5.71. The van der Waals surface area contributed by atoms with Crippen LogP contribution >= 0.6 is 0 Å². The zero-order chi connectivity index (χ0) is 13.3. The molecule has 1 aromatic carbocycles. The van der Waals surface area contributed by atoms with Crippen LogP contribution in [-0.4, -0.2) is 19.2 Å². The van der Waals surface area contributed by atoms with Gasteiger partial charge in [0.05, 0.1) is 24.0 Å². The molecule has 1 aliphatic carbocycles. The number of hydrogen-bond donors (Lipinski definition) is 2. The molecular weight excluding hydrogens is 243 g/mol. The maximum atomic E-state index is 13.7. The Morgan fingerprint density at radius 2 is 1.84 bits per heavy atom.